The number of carbonyl (C=O) groups excluding carboxylic acids is 1. The fourth-order valence-electron chi connectivity index (χ4n) is 2.72. The number of aromatic nitrogens is 2. The van der Waals surface area contributed by atoms with Crippen LogP contribution in [0.25, 0.3) is 0 Å². The minimum Gasteiger partial charge on any atom is -0.369 e. The maximum Gasteiger partial charge on any atom is 0.278 e. The summed E-state index contributed by atoms with van der Waals surface area (Å²) in [6.45, 7) is 1.32. The van der Waals surface area contributed by atoms with Gasteiger partial charge in [-0.25, -0.2) is 40.9 Å². The summed E-state index contributed by atoms with van der Waals surface area (Å²) in [5, 5.41) is 2.20. The predicted octanol–water partition coefficient (Wildman–Crippen LogP) is 0.951. The van der Waals surface area contributed by atoms with Crippen molar-refractivity contribution in [1.29, 1.82) is 0 Å². The van der Waals surface area contributed by atoms with Crippen molar-refractivity contribution in [2.45, 2.75) is 12.5 Å². The summed E-state index contributed by atoms with van der Waals surface area (Å²) in [5.74, 6) is -5.30. The summed E-state index contributed by atoms with van der Waals surface area (Å²) in [5.41, 5.74) is 2.88. The number of hydrogen-bond donors (Lipinski definition) is 2. The van der Waals surface area contributed by atoms with Gasteiger partial charge in [0, 0.05) is 13.1 Å². The molecule has 3 heterocycles. The SMILES string of the molecule is CN1C(N)=N[C@](C)(c2nc(NC(=O)c3ncc(F)cc3F)ccc2F)CS1(=O)=O. The molecule has 0 unspecified atom stereocenters. The highest BCUT2D eigenvalue weighted by molar-refractivity contribution is 7.89. The van der Waals surface area contributed by atoms with Crippen molar-refractivity contribution in [3.8, 4) is 0 Å². The van der Waals surface area contributed by atoms with Gasteiger partial charge in [-0.05, 0) is 19.1 Å². The molecule has 29 heavy (non-hydrogen) atoms. The van der Waals surface area contributed by atoms with E-state index in [2.05, 4.69) is 20.3 Å². The van der Waals surface area contributed by atoms with Crippen LogP contribution in [0.4, 0.5) is 19.0 Å². The molecular weight excluding hydrogens is 413 g/mol. The highest BCUT2D eigenvalue weighted by atomic mass is 32.2. The van der Waals surface area contributed by atoms with Crippen molar-refractivity contribution in [2.24, 2.45) is 10.7 Å². The second-order valence-corrected chi connectivity index (χ2v) is 8.43. The molecule has 0 bridgehead atoms. The van der Waals surface area contributed by atoms with E-state index in [1.54, 1.807) is 0 Å². The van der Waals surface area contributed by atoms with Gasteiger partial charge in [0.25, 0.3) is 5.91 Å². The monoisotopic (exact) mass is 428 g/mol. The summed E-state index contributed by atoms with van der Waals surface area (Å²) >= 11 is 0. The number of nitrogens with zero attached hydrogens (tertiary/aromatic N) is 4. The molecule has 0 spiro atoms. The summed E-state index contributed by atoms with van der Waals surface area (Å²) < 4.78 is 66.4. The lowest BCUT2D eigenvalue weighted by molar-refractivity contribution is 0.101. The van der Waals surface area contributed by atoms with Crippen molar-refractivity contribution in [3.63, 3.8) is 0 Å². The third kappa shape index (κ3) is 3.85. The van der Waals surface area contributed by atoms with E-state index in [-0.39, 0.29) is 17.5 Å². The zero-order valence-electron chi connectivity index (χ0n) is 15.1. The molecule has 154 valence electrons. The van der Waals surface area contributed by atoms with Crippen molar-refractivity contribution >= 4 is 27.7 Å². The first kappa shape index (κ1) is 20.5. The number of carbonyl (C=O) groups is 1. The number of sulfonamides is 1. The van der Waals surface area contributed by atoms with Crippen LogP contribution in [0.1, 0.15) is 23.1 Å². The van der Waals surface area contributed by atoms with Crippen molar-refractivity contribution in [2.75, 3.05) is 18.1 Å². The molecule has 0 saturated carbocycles. The van der Waals surface area contributed by atoms with E-state index in [0.29, 0.717) is 12.3 Å². The van der Waals surface area contributed by atoms with Crippen LogP contribution in [-0.4, -0.2) is 47.4 Å². The number of guanidine groups is 1. The number of halogens is 3. The van der Waals surface area contributed by atoms with E-state index >= 15 is 0 Å². The molecule has 0 aliphatic carbocycles. The average Bonchev–Trinajstić information content (AvgIpc) is 2.60. The number of pyridine rings is 2. The van der Waals surface area contributed by atoms with E-state index in [1.165, 1.54) is 14.0 Å². The number of nitrogens with one attached hydrogen (secondary N) is 1. The Bertz CT molecular complexity index is 1140. The fourth-order valence-corrected chi connectivity index (χ4v) is 4.15. The molecule has 1 amide bonds. The van der Waals surface area contributed by atoms with Crippen molar-refractivity contribution in [1.82, 2.24) is 14.3 Å². The van der Waals surface area contributed by atoms with Gasteiger partial charge in [0.1, 0.15) is 34.4 Å². The first-order valence-corrected chi connectivity index (χ1v) is 9.65. The third-order valence-corrected chi connectivity index (χ3v) is 6.13. The molecule has 1 atom stereocenters. The fraction of sp³-hybridized carbons (Fsp3) is 0.250. The Morgan fingerprint density at radius 3 is 2.59 bits per heavy atom. The minimum atomic E-state index is -3.88. The summed E-state index contributed by atoms with van der Waals surface area (Å²) in [6, 6.07) is 2.50. The highest BCUT2D eigenvalue weighted by Gasteiger charge is 2.43. The largest absolute Gasteiger partial charge is 0.369 e. The lowest BCUT2D eigenvalue weighted by atomic mass is 10.00. The summed E-state index contributed by atoms with van der Waals surface area (Å²) in [4.78, 5) is 23.5. The third-order valence-electron chi connectivity index (χ3n) is 4.19. The Morgan fingerprint density at radius 2 is 1.97 bits per heavy atom. The topological polar surface area (TPSA) is 131 Å². The zero-order chi connectivity index (χ0) is 21.6. The molecular formula is C16H15F3N6O3S. The number of rotatable bonds is 3. The van der Waals surface area contributed by atoms with E-state index in [1.807, 2.05) is 0 Å². The smallest absolute Gasteiger partial charge is 0.278 e. The van der Waals surface area contributed by atoms with Crippen LogP contribution in [0.3, 0.4) is 0 Å². The van der Waals surface area contributed by atoms with Crippen LogP contribution in [0.15, 0.2) is 29.4 Å². The Morgan fingerprint density at radius 1 is 1.28 bits per heavy atom. The average molecular weight is 428 g/mol. The maximum absolute atomic E-state index is 14.4. The van der Waals surface area contributed by atoms with Gasteiger partial charge >= 0.3 is 0 Å². The molecule has 0 radical (unpaired) electrons. The highest BCUT2D eigenvalue weighted by Crippen LogP contribution is 2.32. The van der Waals surface area contributed by atoms with E-state index in [9.17, 15) is 26.4 Å². The quantitative estimate of drug-likeness (QED) is 0.749. The summed E-state index contributed by atoms with van der Waals surface area (Å²) in [7, 11) is -2.68. The van der Waals surface area contributed by atoms with Gasteiger partial charge in [0.05, 0.1) is 6.20 Å². The van der Waals surface area contributed by atoms with Crippen LogP contribution in [0.5, 0.6) is 0 Å². The van der Waals surface area contributed by atoms with Crippen LogP contribution in [0, 0.1) is 17.5 Å². The predicted molar refractivity (Wildman–Crippen MR) is 96.8 cm³/mol. The molecule has 3 rings (SSSR count). The Hall–Kier alpha value is -3.22. The van der Waals surface area contributed by atoms with Gasteiger partial charge in [0.2, 0.25) is 16.0 Å². The second-order valence-electron chi connectivity index (χ2n) is 6.43. The van der Waals surface area contributed by atoms with E-state index in [4.69, 9.17) is 5.73 Å². The van der Waals surface area contributed by atoms with Crippen LogP contribution < -0.4 is 11.1 Å². The molecule has 0 saturated heterocycles. The molecule has 2 aromatic heterocycles. The number of nitrogens with two attached hydrogens (primary N) is 1. The first-order valence-electron chi connectivity index (χ1n) is 8.04. The number of amides is 1. The molecule has 1 aliphatic rings. The van der Waals surface area contributed by atoms with Crippen LogP contribution in [0.2, 0.25) is 0 Å². The molecule has 2 aromatic rings. The molecule has 0 fully saturated rings. The Kier molecular flexibility index (Phi) is 4.94. The second kappa shape index (κ2) is 6.99. The van der Waals surface area contributed by atoms with Gasteiger partial charge in [-0.2, -0.15) is 0 Å². The molecule has 3 N–H and O–H groups in total. The Labute approximate surface area is 163 Å². The number of hydrogen-bond acceptors (Lipinski definition) is 7. The van der Waals surface area contributed by atoms with E-state index in [0.717, 1.165) is 16.4 Å². The van der Waals surface area contributed by atoms with Gasteiger partial charge in [-0.3, -0.25) is 4.79 Å². The van der Waals surface area contributed by atoms with Gasteiger partial charge in [-0.1, -0.05) is 0 Å². The van der Waals surface area contributed by atoms with Gasteiger partial charge in [-0.15, -0.1) is 0 Å². The normalized spacial score (nSPS) is 20.9. The maximum atomic E-state index is 14.4. The molecule has 0 aromatic carbocycles. The van der Waals surface area contributed by atoms with E-state index < -0.39 is 50.4 Å². The van der Waals surface area contributed by atoms with Crippen molar-refractivity contribution < 1.29 is 26.4 Å². The number of aliphatic imine (C=N–C) groups is 1. The van der Waals surface area contributed by atoms with Gasteiger partial charge < -0.3 is 11.1 Å². The lowest BCUT2D eigenvalue weighted by Gasteiger charge is -2.33. The standard InChI is InChI=1S/C16H15F3N6O3S/c1-16(7-29(27,28)25(2)15(20)24-16)13-9(18)3-4-11(22-13)23-14(26)12-10(19)5-8(17)6-21-12/h3-6H,7H2,1-2H3,(H2,20,24)(H,22,23,26)/t16-/m0/s1. The van der Waals surface area contributed by atoms with Crippen LogP contribution in [-0.2, 0) is 15.6 Å². The zero-order valence-corrected chi connectivity index (χ0v) is 16.0. The first-order chi connectivity index (χ1) is 13.4. The Balaban J connectivity index is 1.98. The van der Waals surface area contributed by atoms with Gasteiger partial charge in [0.15, 0.2) is 11.5 Å². The summed E-state index contributed by atoms with van der Waals surface area (Å²) in [6.07, 6.45) is 0.656. The lowest BCUT2D eigenvalue weighted by Crippen LogP contribution is -2.50. The molecule has 9 nitrogen and oxygen atoms in total. The number of anilines is 1. The van der Waals surface area contributed by atoms with Crippen molar-refractivity contribution in [3.05, 3.63) is 53.2 Å². The molecule has 13 heteroatoms. The van der Waals surface area contributed by atoms with Crippen LogP contribution >= 0.6 is 0 Å². The minimum absolute atomic E-state index is 0.219. The molecule has 1 aliphatic heterocycles.